The molecule has 0 heterocycles. The van der Waals surface area contributed by atoms with Crippen LogP contribution in [-0.4, -0.2) is 12.6 Å². The maximum Gasteiger partial charge on any atom is 0.339 e. The highest BCUT2D eigenvalue weighted by Crippen LogP contribution is 2.43. The van der Waals surface area contributed by atoms with Gasteiger partial charge in [0.1, 0.15) is 0 Å². The zero-order valence-electron chi connectivity index (χ0n) is 12.1. The highest BCUT2D eigenvalue weighted by atomic mass is 79.9. The van der Waals surface area contributed by atoms with Crippen LogP contribution in [0, 0.1) is 0 Å². The van der Waals surface area contributed by atoms with Gasteiger partial charge in [-0.1, -0.05) is 26.2 Å². The number of carbonyl (C=O) groups is 1. The third-order valence-electron chi connectivity index (χ3n) is 3.12. The van der Waals surface area contributed by atoms with Crippen molar-refractivity contribution >= 4 is 69.7 Å². The molecule has 0 atom stereocenters. The molecule has 2 nitrogen and oxygen atoms in total. The average molecular weight is 550 g/mol. The minimum absolute atomic E-state index is 0.288. The average Bonchev–Trinajstić information content (AvgIpc) is 2.46. The number of esters is 1. The van der Waals surface area contributed by atoms with Crippen LogP contribution in [0.2, 0.25) is 0 Å². The van der Waals surface area contributed by atoms with Crippen LogP contribution in [0.4, 0.5) is 0 Å². The summed E-state index contributed by atoms with van der Waals surface area (Å²) < 4.78 is 8.58. The fourth-order valence-electron chi connectivity index (χ4n) is 2.06. The summed E-state index contributed by atoms with van der Waals surface area (Å²) in [5, 5.41) is 0. The third-order valence-corrected chi connectivity index (χ3v) is 7.97. The predicted molar refractivity (Wildman–Crippen MR) is 101 cm³/mol. The van der Waals surface area contributed by atoms with E-state index in [9.17, 15) is 4.79 Å². The lowest BCUT2D eigenvalue weighted by Gasteiger charge is -2.16. The highest BCUT2D eigenvalue weighted by Gasteiger charge is 2.24. The Morgan fingerprint density at radius 3 is 2.10 bits per heavy atom. The maximum atomic E-state index is 12.3. The molecule has 0 N–H and O–H groups in total. The first-order valence-electron chi connectivity index (χ1n) is 6.97. The summed E-state index contributed by atoms with van der Waals surface area (Å²) in [5.74, 6) is -0.288. The van der Waals surface area contributed by atoms with Gasteiger partial charge in [-0.05, 0) is 89.0 Å². The molecule has 0 saturated heterocycles. The number of benzene rings is 1. The predicted octanol–water partition coefficient (Wildman–Crippen LogP) is 7.04. The Bertz CT molecular complexity index is 515. The molecular weight excluding hydrogens is 532 g/mol. The molecule has 0 aromatic heterocycles. The first-order chi connectivity index (χ1) is 9.95. The van der Waals surface area contributed by atoms with Crippen molar-refractivity contribution in [3.63, 3.8) is 0 Å². The molecular formula is C15H18Br4O2. The molecule has 1 aromatic carbocycles. The van der Waals surface area contributed by atoms with Crippen molar-refractivity contribution in [2.24, 2.45) is 0 Å². The Labute approximate surface area is 159 Å². The van der Waals surface area contributed by atoms with Gasteiger partial charge >= 0.3 is 5.97 Å². The lowest BCUT2D eigenvalue weighted by Crippen LogP contribution is -2.11. The number of halogens is 4. The van der Waals surface area contributed by atoms with Crippen molar-refractivity contribution in [2.45, 2.75) is 46.0 Å². The van der Waals surface area contributed by atoms with Crippen molar-refractivity contribution in [1.82, 2.24) is 0 Å². The lowest BCUT2D eigenvalue weighted by molar-refractivity contribution is 0.0523. The normalized spacial score (nSPS) is 10.8. The lowest BCUT2D eigenvalue weighted by atomic mass is 10.0. The Morgan fingerprint density at radius 1 is 0.905 bits per heavy atom. The second kappa shape index (κ2) is 9.68. The number of carbonyl (C=O) groups excluding carboxylic acids is 1. The van der Waals surface area contributed by atoms with E-state index >= 15 is 0 Å². The SMILES string of the molecule is CCCCCCc1c(Br)c(Br)c(Br)c(Br)c1C(=O)OCC. The van der Waals surface area contributed by atoms with Gasteiger partial charge in [-0.25, -0.2) is 4.79 Å². The van der Waals surface area contributed by atoms with Crippen molar-refractivity contribution in [3.05, 3.63) is 29.0 Å². The van der Waals surface area contributed by atoms with E-state index in [1.807, 2.05) is 6.92 Å². The molecule has 0 aliphatic carbocycles. The Morgan fingerprint density at radius 2 is 1.52 bits per heavy atom. The summed E-state index contributed by atoms with van der Waals surface area (Å²) in [7, 11) is 0. The van der Waals surface area contributed by atoms with Gasteiger partial charge in [-0.3, -0.25) is 0 Å². The van der Waals surface area contributed by atoms with E-state index < -0.39 is 0 Å². The summed E-state index contributed by atoms with van der Waals surface area (Å²) in [4.78, 5) is 12.3. The van der Waals surface area contributed by atoms with Crippen LogP contribution < -0.4 is 0 Å². The van der Waals surface area contributed by atoms with Crippen molar-refractivity contribution in [3.8, 4) is 0 Å². The van der Waals surface area contributed by atoms with Gasteiger partial charge in [-0.15, -0.1) is 0 Å². The van der Waals surface area contributed by atoms with Crippen LogP contribution >= 0.6 is 63.7 Å². The largest absolute Gasteiger partial charge is 0.462 e. The second-order valence-corrected chi connectivity index (χ2v) is 7.81. The molecule has 1 rings (SSSR count). The molecule has 6 heteroatoms. The van der Waals surface area contributed by atoms with Gasteiger partial charge in [0, 0.05) is 17.9 Å². The zero-order chi connectivity index (χ0) is 16.0. The fraction of sp³-hybridized carbons (Fsp3) is 0.533. The maximum absolute atomic E-state index is 12.3. The van der Waals surface area contributed by atoms with Gasteiger partial charge in [0.05, 0.1) is 12.2 Å². The number of ether oxygens (including phenoxy) is 1. The summed E-state index contributed by atoms with van der Waals surface area (Å²) in [5.41, 5.74) is 1.60. The molecule has 0 spiro atoms. The summed E-state index contributed by atoms with van der Waals surface area (Å²) >= 11 is 14.2. The molecule has 0 unspecified atom stereocenters. The minimum atomic E-state index is -0.288. The number of hydrogen-bond donors (Lipinski definition) is 0. The van der Waals surface area contributed by atoms with Gasteiger partial charge < -0.3 is 4.74 Å². The van der Waals surface area contributed by atoms with Crippen LogP contribution in [0.15, 0.2) is 17.9 Å². The van der Waals surface area contributed by atoms with Crippen LogP contribution in [-0.2, 0) is 11.2 Å². The summed E-state index contributed by atoms with van der Waals surface area (Å²) in [6.45, 7) is 4.37. The van der Waals surface area contributed by atoms with E-state index in [0.29, 0.717) is 12.2 Å². The van der Waals surface area contributed by atoms with Crippen LogP contribution in [0.1, 0.15) is 55.5 Å². The first kappa shape index (κ1) is 19.7. The van der Waals surface area contributed by atoms with Crippen LogP contribution in [0.25, 0.3) is 0 Å². The standard InChI is InChI=1S/C15H18Br4O2/c1-3-5-6-7-8-9-10(15(20)21-4-2)12(17)14(19)13(18)11(9)16/h3-8H2,1-2H3. The third kappa shape index (κ3) is 5.05. The van der Waals surface area contributed by atoms with Gasteiger partial charge in [0.25, 0.3) is 0 Å². The van der Waals surface area contributed by atoms with E-state index in [2.05, 4.69) is 70.6 Å². The molecule has 0 fully saturated rings. The molecule has 21 heavy (non-hydrogen) atoms. The van der Waals surface area contributed by atoms with E-state index in [1.165, 1.54) is 12.8 Å². The molecule has 1 aromatic rings. The van der Waals surface area contributed by atoms with Gasteiger partial charge in [0.15, 0.2) is 0 Å². The number of unbranched alkanes of at least 4 members (excludes halogenated alkanes) is 3. The Hall–Kier alpha value is 0.610. The van der Waals surface area contributed by atoms with E-state index in [0.717, 1.165) is 42.7 Å². The molecule has 0 amide bonds. The molecule has 0 saturated carbocycles. The monoisotopic (exact) mass is 546 g/mol. The van der Waals surface area contributed by atoms with E-state index in [1.54, 1.807) is 0 Å². The Kier molecular flexibility index (Phi) is 9.06. The first-order valence-corrected chi connectivity index (χ1v) is 10.1. The summed E-state index contributed by atoms with van der Waals surface area (Å²) in [6.07, 6.45) is 5.47. The van der Waals surface area contributed by atoms with Crippen LogP contribution in [0.3, 0.4) is 0 Å². The molecule has 118 valence electrons. The quantitative estimate of drug-likeness (QED) is 0.158. The smallest absolute Gasteiger partial charge is 0.339 e. The second-order valence-electron chi connectivity index (χ2n) is 4.64. The highest BCUT2D eigenvalue weighted by molar-refractivity contribution is 9.15. The molecule has 0 radical (unpaired) electrons. The molecule has 0 aliphatic rings. The topological polar surface area (TPSA) is 26.3 Å². The fourth-order valence-corrected chi connectivity index (χ4v) is 4.62. The van der Waals surface area contributed by atoms with Crippen molar-refractivity contribution in [2.75, 3.05) is 6.61 Å². The minimum Gasteiger partial charge on any atom is -0.462 e. The van der Waals surface area contributed by atoms with Gasteiger partial charge in [-0.2, -0.15) is 0 Å². The summed E-state index contributed by atoms with van der Waals surface area (Å²) in [6, 6.07) is 0. The molecule has 0 aliphatic heterocycles. The zero-order valence-corrected chi connectivity index (χ0v) is 18.4. The van der Waals surface area contributed by atoms with E-state index in [4.69, 9.17) is 4.74 Å². The van der Waals surface area contributed by atoms with E-state index in [-0.39, 0.29) is 5.97 Å². The van der Waals surface area contributed by atoms with Crippen molar-refractivity contribution < 1.29 is 9.53 Å². The Balaban J connectivity index is 3.20. The van der Waals surface area contributed by atoms with Gasteiger partial charge in [0.2, 0.25) is 0 Å². The number of hydrogen-bond acceptors (Lipinski definition) is 2. The van der Waals surface area contributed by atoms with Crippen molar-refractivity contribution in [1.29, 1.82) is 0 Å². The van der Waals surface area contributed by atoms with Crippen LogP contribution in [0.5, 0.6) is 0 Å². The number of rotatable bonds is 7. The molecule has 0 bridgehead atoms.